The molecule has 0 bridgehead atoms. The Balaban J connectivity index is 0.000000149. The predicted molar refractivity (Wildman–Crippen MR) is 133 cm³/mol. The number of allylic oxidation sites excluding steroid dienone is 4. The maximum Gasteiger partial charge on any atom is 0.0289 e. The van der Waals surface area contributed by atoms with Crippen LogP contribution in [0, 0.1) is 0 Å². The number of benzene rings is 3. The molecule has 1 heteroatoms. The molecule has 0 amide bonds. The zero-order chi connectivity index (χ0) is 20.3. The maximum absolute atomic E-state index is 3.48. The lowest BCUT2D eigenvalue weighted by Crippen LogP contribution is -1.94. The second-order valence-electron chi connectivity index (χ2n) is 8.09. The molecule has 0 radical (unpaired) electrons. The van der Waals surface area contributed by atoms with Crippen molar-refractivity contribution in [3.63, 3.8) is 0 Å². The van der Waals surface area contributed by atoms with Crippen LogP contribution in [-0.4, -0.2) is 0 Å². The van der Waals surface area contributed by atoms with Crippen LogP contribution in [-0.2, 0) is 31.0 Å². The van der Waals surface area contributed by atoms with E-state index in [1.165, 1.54) is 50.1 Å². The van der Waals surface area contributed by atoms with Crippen molar-refractivity contribution in [3.05, 3.63) is 123 Å². The third-order valence-electron chi connectivity index (χ3n) is 6.27. The lowest BCUT2D eigenvalue weighted by molar-refractivity contribution is 1.23. The van der Waals surface area contributed by atoms with Gasteiger partial charge in [-0.1, -0.05) is 107 Å². The van der Waals surface area contributed by atoms with Crippen molar-refractivity contribution in [3.8, 4) is 0 Å². The first kappa shape index (κ1) is 19.3. The van der Waals surface area contributed by atoms with Gasteiger partial charge in [0.05, 0.1) is 0 Å². The molecule has 6 rings (SSSR count). The molecule has 0 aliphatic heterocycles. The van der Waals surface area contributed by atoms with Crippen LogP contribution in [0.15, 0.2) is 78.9 Å². The number of hydrogen-bond acceptors (Lipinski definition) is 0. The molecule has 3 aromatic rings. The fraction of sp³-hybridized carbons (Fsp3) is 0.172. The topological polar surface area (TPSA) is 0 Å². The lowest BCUT2D eigenvalue weighted by atomic mass is 9.95. The van der Waals surface area contributed by atoms with Crippen LogP contribution in [0.1, 0.15) is 44.5 Å². The van der Waals surface area contributed by atoms with Crippen molar-refractivity contribution in [1.82, 2.24) is 0 Å². The van der Waals surface area contributed by atoms with E-state index in [4.69, 9.17) is 0 Å². The molecule has 0 N–H and O–H groups in total. The molecule has 0 aromatic heterocycles. The third-order valence-corrected chi connectivity index (χ3v) is 6.88. The van der Waals surface area contributed by atoms with Crippen LogP contribution in [0.3, 0.4) is 0 Å². The smallest absolute Gasteiger partial charge is 0.0289 e. The highest BCUT2D eigenvalue weighted by molar-refractivity contribution is 9.08. The molecule has 0 saturated carbocycles. The van der Waals surface area contributed by atoms with E-state index in [9.17, 15) is 0 Å². The molecule has 0 unspecified atom stereocenters. The molecule has 0 spiro atoms. The number of alkyl halides is 1. The number of fused-ring (bicyclic) bond motifs is 3. The highest BCUT2D eigenvalue weighted by Gasteiger charge is 2.16. The van der Waals surface area contributed by atoms with Crippen molar-refractivity contribution in [2.45, 2.75) is 31.0 Å². The van der Waals surface area contributed by atoms with E-state index < -0.39 is 0 Å². The Morgan fingerprint density at radius 1 is 0.633 bits per heavy atom. The Morgan fingerprint density at radius 2 is 1.27 bits per heavy atom. The van der Waals surface area contributed by atoms with E-state index >= 15 is 0 Å². The largest absolute Gasteiger partial charge is 0.0876 e. The molecule has 30 heavy (non-hydrogen) atoms. The van der Waals surface area contributed by atoms with Gasteiger partial charge in [0.15, 0.2) is 0 Å². The Bertz CT molecular complexity index is 1180. The van der Waals surface area contributed by atoms with Gasteiger partial charge in [-0.15, -0.1) is 0 Å². The minimum Gasteiger partial charge on any atom is -0.0876 e. The van der Waals surface area contributed by atoms with Crippen LogP contribution >= 0.6 is 15.9 Å². The zero-order valence-corrected chi connectivity index (χ0v) is 18.7. The summed E-state index contributed by atoms with van der Waals surface area (Å²) in [5.41, 5.74) is 13.1. The van der Waals surface area contributed by atoms with Crippen LogP contribution in [0.2, 0.25) is 0 Å². The molecule has 0 fully saturated rings. The average Bonchev–Trinajstić information content (AvgIpc) is 3.54. The second kappa shape index (κ2) is 8.62. The van der Waals surface area contributed by atoms with Crippen LogP contribution in [0.5, 0.6) is 0 Å². The fourth-order valence-corrected chi connectivity index (χ4v) is 5.21. The molecule has 3 aliphatic rings. The van der Waals surface area contributed by atoms with E-state index in [0.717, 1.165) is 31.0 Å². The summed E-state index contributed by atoms with van der Waals surface area (Å²) in [7, 11) is 0. The van der Waals surface area contributed by atoms with Gasteiger partial charge in [0.2, 0.25) is 0 Å². The number of rotatable bonds is 3. The molecule has 148 valence electrons. The summed E-state index contributed by atoms with van der Waals surface area (Å²) in [4.78, 5) is 0. The van der Waals surface area contributed by atoms with Gasteiger partial charge in [-0.2, -0.15) is 0 Å². The van der Waals surface area contributed by atoms with Gasteiger partial charge in [-0.05, 0) is 75.8 Å². The Hall–Kier alpha value is -2.64. The van der Waals surface area contributed by atoms with Gasteiger partial charge in [0.1, 0.15) is 0 Å². The lowest BCUT2D eigenvalue weighted by Gasteiger charge is -2.10. The monoisotopic (exact) mass is 452 g/mol. The molecule has 0 atom stereocenters. The SMILES string of the molecule is BrCc1cccc2c1C=CC2.C1=Cc2c(cccc2CC2=CCc3ccccc32)C1. The minimum absolute atomic E-state index is 0.959. The van der Waals surface area contributed by atoms with Crippen LogP contribution in [0.25, 0.3) is 17.7 Å². The van der Waals surface area contributed by atoms with Gasteiger partial charge < -0.3 is 0 Å². The maximum atomic E-state index is 3.48. The Kier molecular flexibility index (Phi) is 5.55. The molecule has 3 aromatic carbocycles. The van der Waals surface area contributed by atoms with E-state index in [-0.39, 0.29) is 0 Å². The van der Waals surface area contributed by atoms with Crippen molar-refractivity contribution < 1.29 is 0 Å². The molecular weight excluding hydrogens is 428 g/mol. The summed E-state index contributed by atoms with van der Waals surface area (Å²) >= 11 is 3.48. The summed E-state index contributed by atoms with van der Waals surface area (Å²) in [5, 5.41) is 0.959. The summed E-state index contributed by atoms with van der Waals surface area (Å²) in [6.45, 7) is 0. The van der Waals surface area contributed by atoms with E-state index in [0.29, 0.717) is 0 Å². The van der Waals surface area contributed by atoms with Gasteiger partial charge in [0.25, 0.3) is 0 Å². The average molecular weight is 453 g/mol. The van der Waals surface area contributed by atoms with Gasteiger partial charge in [-0.25, -0.2) is 0 Å². The molecule has 0 heterocycles. The van der Waals surface area contributed by atoms with Gasteiger partial charge in [-0.3, -0.25) is 0 Å². The summed E-state index contributed by atoms with van der Waals surface area (Å²) in [6, 6.07) is 22.0. The highest BCUT2D eigenvalue weighted by atomic mass is 79.9. The predicted octanol–water partition coefficient (Wildman–Crippen LogP) is 7.59. The first-order valence-corrected chi connectivity index (χ1v) is 11.8. The summed E-state index contributed by atoms with van der Waals surface area (Å²) in [6.07, 6.45) is 15.7. The quantitative estimate of drug-likeness (QED) is 0.359. The van der Waals surface area contributed by atoms with Crippen molar-refractivity contribution in [2.24, 2.45) is 0 Å². The molecule has 3 aliphatic carbocycles. The first-order chi connectivity index (χ1) is 14.8. The van der Waals surface area contributed by atoms with Gasteiger partial charge in [0, 0.05) is 5.33 Å². The van der Waals surface area contributed by atoms with E-state index in [2.05, 4.69) is 107 Å². The second-order valence-corrected chi connectivity index (χ2v) is 8.65. The number of halogens is 1. The van der Waals surface area contributed by atoms with Crippen LogP contribution < -0.4 is 0 Å². The van der Waals surface area contributed by atoms with Crippen molar-refractivity contribution >= 4 is 33.7 Å². The Labute approximate surface area is 187 Å². The van der Waals surface area contributed by atoms with E-state index in [1.807, 2.05) is 0 Å². The zero-order valence-electron chi connectivity index (χ0n) is 17.1. The standard InChI is InChI=1S/C19H16.C10H9Br/c1-2-9-18-15(5-1)11-12-17(18)13-16-8-3-6-14-7-4-10-19(14)16;11-7-9-5-1-3-8-4-2-6-10(8)9/h1-6,8-10,12H,7,11,13H2;1-3,5-6H,4,7H2. The van der Waals surface area contributed by atoms with E-state index in [1.54, 1.807) is 0 Å². The third kappa shape index (κ3) is 3.75. The van der Waals surface area contributed by atoms with Crippen LogP contribution in [0.4, 0.5) is 0 Å². The van der Waals surface area contributed by atoms with Crippen molar-refractivity contribution in [1.29, 1.82) is 0 Å². The first-order valence-electron chi connectivity index (χ1n) is 10.7. The van der Waals surface area contributed by atoms with Crippen molar-refractivity contribution in [2.75, 3.05) is 0 Å². The van der Waals surface area contributed by atoms with Gasteiger partial charge >= 0.3 is 0 Å². The minimum atomic E-state index is 0.959. The Morgan fingerprint density at radius 3 is 2.00 bits per heavy atom. The molecule has 0 nitrogen and oxygen atoms in total. The summed E-state index contributed by atoms with van der Waals surface area (Å²) < 4.78 is 0. The molecular formula is C29H25Br. The fourth-order valence-electron chi connectivity index (χ4n) is 4.72. The number of hydrogen-bond donors (Lipinski definition) is 0. The summed E-state index contributed by atoms with van der Waals surface area (Å²) in [5.74, 6) is 0. The normalized spacial score (nSPS) is 14.6. The molecule has 0 saturated heterocycles. The highest BCUT2D eigenvalue weighted by Crippen LogP contribution is 2.32.